The Kier molecular flexibility index (Phi) is 5.03. The molecule has 0 bridgehead atoms. The van der Waals surface area contributed by atoms with Crippen LogP contribution in [0.15, 0.2) is 35.1 Å². The van der Waals surface area contributed by atoms with E-state index in [1.165, 1.54) is 13.2 Å². The molecule has 1 unspecified atom stereocenters. The molecule has 0 aliphatic rings. The minimum atomic E-state index is -0.723. The second-order valence-electron chi connectivity index (χ2n) is 4.86. The Bertz CT molecular complexity index is 709. The fourth-order valence-corrected chi connectivity index (χ4v) is 1.92. The highest BCUT2D eigenvalue weighted by molar-refractivity contribution is 5.94. The summed E-state index contributed by atoms with van der Waals surface area (Å²) >= 11 is 0. The molecule has 1 aromatic carbocycles. The number of anilines is 1. The smallest absolute Gasteiger partial charge is 0.251 e. The number of aromatic amines is 1. The van der Waals surface area contributed by atoms with Crippen molar-refractivity contribution >= 4 is 11.6 Å². The number of H-pyrrole nitrogens is 1. The number of hydrogen-bond acceptors (Lipinski definition) is 5. The number of aryl methyl sites for hydroxylation is 1. The molecule has 0 spiro atoms. The summed E-state index contributed by atoms with van der Waals surface area (Å²) in [6.07, 6.45) is 0. The summed E-state index contributed by atoms with van der Waals surface area (Å²) in [6.45, 7) is 1.91. The van der Waals surface area contributed by atoms with Gasteiger partial charge in [-0.3, -0.25) is 9.59 Å². The zero-order valence-corrected chi connectivity index (χ0v) is 12.4. The van der Waals surface area contributed by atoms with Gasteiger partial charge in [0, 0.05) is 30.1 Å². The molecule has 4 N–H and O–H groups in total. The van der Waals surface area contributed by atoms with Crippen LogP contribution < -0.4 is 16.6 Å². The molecule has 1 aromatic heterocycles. The van der Waals surface area contributed by atoms with Gasteiger partial charge in [0.05, 0.1) is 6.61 Å². The van der Waals surface area contributed by atoms with Crippen LogP contribution in [0.5, 0.6) is 0 Å². The molecule has 1 heterocycles. The van der Waals surface area contributed by atoms with Gasteiger partial charge in [-0.25, -0.2) is 4.98 Å². The van der Waals surface area contributed by atoms with Crippen LogP contribution in [0.3, 0.4) is 0 Å². The third-order valence-electron chi connectivity index (χ3n) is 2.98. The Labute approximate surface area is 127 Å². The van der Waals surface area contributed by atoms with Gasteiger partial charge in [0.15, 0.2) is 0 Å². The van der Waals surface area contributed by atoms with Gasteiger partial charge < -0.3 is 20.8 Å². The third kappa shape index (κ3) is 4.00. The molecule has 0 aliphatic heterocycles. The molecular weight excluding hydrogens is 284 g/mol. The van der Waals surface area contributed by atoms with E-state index < -0.39 is 6.04 Å². The fraction of sp³-hybridized carbons (Fsp3) is 0.267. The molecule has 1 amide bonds. The van der Waals surface area contributed by atoms with Gasteiger partial charge in [0.1, 0.15) is 11.9 Å². The van der Waals surface area contributed by atoms with Crippen molar-refractivity contribution in [3.63, 3.8) is 0 Å². The molecule has 0 fully saturated rings. The Balaban J connectivity index is 2.13. The number of nitrogens with zero attached hydrogens (tertiary/aromatic N) is 1. The monoisotopic (exact) mass is 302 g/mol. The van der Waals surface area contributed by atoms with Crippen molar-refractivity contribution < 1.29 is 9.53 Å². The lowest BCUT2D eigenvalue weighted by Gasteiger charge is -2.11. The van der Waals surface area contributed by atoms with Crippen molar-refractivity contribution in [2.45, 2.75) is 13.0 Å². The molecular formula is C15H18N4O3. The number of nitrogens with one attached hydrogen (secondary N) is 2. The van der Waals surface area contributed by atoms with Crippen molar-refractivity contribution in [3.8, 4) is 11.4 Å². The number of hydrogen-bond donors (Lipinski definition) is 3. The van der Waals surface area contributed by atoms with E-state index in [1.807, 2.05) is 0 Å². The summed E-state index contributed by atoms with van der Waals surface area (Å²) in [7, 11) is 1.48. The molecule has 0 saturated heterocycles. The molecule has 7 heteroatoms. The molecule has 1 atom stereocenters. The van der Waals surface area contributed by atoms with Gasteiger partial charge in [-0.15, -0.1) is 0 Å². The molecule has 0 radical (unpaired) electrons. The van der Waals surface area contributed by atoms with Crippen LogP contribution in [0.2, 0.25) is 0 Å². The lowest BCUT2D eigenvalue weighted by Crippen LogP contribution is -2.39. The first-order chi connectivity index (χ1) is 10.5. The molecule has 2 aromatic rings. The number of nitrogens with two attached hydrogens (primary N) is 1. The van der Waals surface area contributed by atoms with Crippen molar-refractivity contribution in [1.82, 2.24) is 9.97 Å². The van der Waals surface area contributed by atoms with E-state index in [-0.39, 0.29) is 18.1 Å². The lowest BCUT2D eigenvalue weighted by molar-refractivity contribution is -0.118. The summed E-state index contributed by atoms with van der Waals surface area (Å²) < 4.78 is 4.83. The Hall–Kier alpha value is -2.51. The van der Waals surface area contributed by atoms with E-state index in [0.717, 1.165) is 5.56 Å². The van der Waals surface area contributed by atoms with Gasteiger partial charge in [0.25, 0.3) is 5.56 Å². The van der Waals surface area contributed by atoms with E-state index in [0.29, 0.717) is 17.2 Å². The van der Waals surface area contributed by atoms with E-state index in [2.05, 4.69) is 15.3 Å². The first kappa shape index (κ1) is 15.9. The normalized spacial score (nSPS) is 12.0. The first-order valence-electron chi connectivity index (χ1n) is 6.73. The van der Waals surface area contributed by atoms with Crippen molar-refractivity contribution in [2.24, 2.45) is 5.73 Å². The Morgan fingerprint density at radius 2 is 2.09 bits per heavy atom. The number of amides is 1. The zero-order valence-electron chi connectivity index (χ0n) is 12.4. The second-order valence-corrected chi connectivity index (χ2v) is 4.86. The SMILES string of the molecule is COCC(N)C(=O)Nc1ccc(-c2nc(C)cc(=O)[nH]2)cc1. The summed E-state index contributed by atoms with van der Waals surface area (Å²) in [6, 6.07) is 7.66. The number of aromatic nitrogens is 2. The van der Waals surface area contributed by atoms with Crippen LogP contribution in [0.1, 0.15) is 5.69 Å². The summed E-state index contributed by atoms with van der Waals surface area (Å²) in [5.74, 6) is 0.163. The predicted octanol–water partition coefficient (Wildman–Crippen LogP) is 0.658. The van der Waals surface area contributed by atoms with E-state index >= 15 is 0 Å². The average Bonchev–Trinajstić information content (AvgIpc) is 2.47. The molecule has 2 rings (SSSR count). The molecule has 0 aliphatic carbocycles. The fourth-order valence-electron chi connectivity index (χ4n) is 1.92. The van der Waals surface area contributed by atoms with Crippen molar-refractivity contribution in [3.05, 3.63) is 46.4 Å². The Morgan fingerprint density at radius 1 is 1.41 bits per heavy atom. The van der Waals surface area contributed by atoms with Gasteiger partial charge in [-0.05, 0) is 31.2 Å². The number of carbonyl (C=O) groups excluding carboxylic acids is 1. The van der Waals surface area contributed by atoms with Crippen molar-refractivity contribution in [2.75, 3.05) is 19.0 Å². The molecule has 0 saturated carbocycles. The quantitative estimate of drug-likeness (QED) is 0.751. The number of rotatable bonds is 5. The highest BCUT2D eigenvalue weighted by Gasteiger charge is 2.13. The summed E-state index contributed by atoms with van der Waals surface area (Å²) in [4.78, 5) is 30.2. The van der Waals surface area contributed by atoms with Crippen LogP contribution in [-0.2, 0) is 9.53 Å². The molecule has 116 valence electrons. The maximum Gasteiger partial charge on any atom is 0.251 e. The van der Waals surface area contributed by atoms with Crippen LogP contribution >= 0.6 is 0 Å². The number of benzene rings is 1. The maximum atomic E-state index is 11.8. The van der Waals surface area contributed by atoms with Gasteiger partial charge in [-0.2, -0.15) is 0 Å². The lowest BCUT2D eigenvalue weighted by atomic mass is 10.2. The zero-order chi connectivity index (χ0) is 16.1. The highest BCUT2D eigenvalue weighted by Crippen LogP contribution is 2.17. The first-order valence-corrected chi connectivity index (χ1v) is 6.73. The van der Waals surface area contributed by atoms with E-state index in [1.54, 1.807) is 31.2 Å². The minimum absolute atomic E-state index is 0.151. The van der Waals surface area contributed by atoms with Crippen molar-refractivity contribution in [1.29, 1.82) is 0 Å². The molecule has 22 heavy (non-hydrogen) atoms. The van der Waals surface area contributed by atoms with E-state index in [4.69, 9.17) is 10.5 Å². The van der Waals surface area contributed by atoms with E-state index in [9.17, 15) is 9.59 Å². The largest absolute Gasteiger partial charge is 0.383 e. The summed E-state index contributed by atoms with van der Waals surface area (Å²) in [5, 5.41) is 2.69. The average molecular weight is 302 g/mol. The van der Waals surface area contributed by atoms with Crippen LogP contribution in [0, 0.1) is 6.92 Å². The number of methoxy groups -OCH3 is 1. The van der Waals surface area contributed by atoms with Gasteiger partial charge in [0.2, 0.25) is 5.91 Å². The predicted molar refractivity (Wildman–Crippen MR) is 83.5 cm³/mol. The summed E-state index contributed by atoms with van der Waals surface area (Å²) in [5.41, 5.74) is 7.44. The maximum absolute atomic E-state index is 11.8. The third-order valence-corrected chi connectivity index (χ3v) is 2.98. The Morgan fingerprint density at radius 3 is 2.68 bits per heavy atom. The highest BCUT2D eigenvalue weighted by atomic mass is 16.5. The van der Waals surface area contributed by atoms with Crippen LogP contribution in [0.4, 0.5) is 5.69 Å². The van der Waals surface area contributed by atoms with Crippen LogP contribution in [-0.4, -0.2) is 35.6 Å². The van der Waals surface area contributed by atoms with Gasteiger partial charge in [-0.1, -0.05) is 0 Å². The van der Waals surface area contributed by atoms with Gasteiger partial charge >= 0.3 is 0 Å². The second kappa shape index (κ2) is 6.97. The topological polar surface area (TPSA) is 110 Å². The van der Waals surface area contributed by atoms with Crippen LogP contribution in [0.25, 0.3) is 11.4 Å². The number of carbonyl (C=O) groups is 1. The molecule has 7 nitrogen and oxygen atoms in total. The minimum Gasteiger partial charge on any atom is -0.383 e. The number of ether oxygens (including phenoxy) is 1. The standard InChI is InChI=1S/C15H18N4O3/c1-9-7-13(20)19-14(17-9)10-3-5-11(6-4-10)18-15(21)12(16)8-22-2/h3-7,12H,8,16H2,1-2H3,(H,18,21)(H,17,19,20).